The van der Waals surface area contributed by atoms with E-state index in [4.69, 9.17) is 4.74 Å². The fourth-order valence-corrected chi connectivity index (χ4v) is 4.34. The van der Waals surface area contributed by atoms with Crippen LogP contribution in [0.3, 0.4) is 0 Å². The van der Waals surface area contributed by atoms with Gasteiger partial charge in [0.05, 0.1) is 11.1 Å². The van der Waals surface area contributed by atoms with Gasteiger partial charge in [-0.1, -0.05) is 42.5 Å². The highest BCUT2D eigenvalue weighted by Gasteiger charge is 2.34. The Labute approximate surface area is 175 Å². The number of fused-ring (bicyclic) bond motifs is 2. The summed E-state index contributed by atoms with van der Waals surface area (Å²) in [7, 11) is 0. The van der Waals surface area contributed by atoms with Gasteiger partial charge in [-0.05, 0) is 23.3 Å². The van der Waals surface area contributed by atoms with Crippen molar-refractivity contribution >= 4 is 22.8 Å². The molecule has 1 aromatic heterocycles. The van der Waals surface area contributed by atoms with Crippen molar-refractivity contribution in [1.82, 2.24) is 14.8 Å². The van der Waals surface area contributed by atoms with Crippen LogP contribution in [0.25, 0.3) is 10.9 Å². The Morgan fingerprint density at radius 3 is 2.67 bits per heavy atom. The van der Waals surface area contributed by atoms with Crippen LogP contribution in [0.4, 0.5) is 0 Å². The zero-order valence-electron chi connectivity index (χ0n) is 16.7. The van der Waals surface area contributed by atoms with Crippen LogP contribution in [-0.4, -0.2) is 58.9 Å². The van der Waals surface area contributed by atoms with Crippen LogP contribution in [0.5, 0.6) is 0 Å². The van der Waals surface area contributed by atoms with Crippen molar-refractivity contribution in [2.75, 3.05) is 26.2 Å². The Morgan fingerprint density at radius 2 is 1.80 bits per heavy atom. The maximum absolute atomic E-state index is 13.0. The SMILES string of the molecule is O=C1OC(C(=O)N2CCN(Cc3cccc4cccnc34)CC2)Cc2ccccc21. The number of para-hydroxylation sites is 1. The van der Waals surface area contributed by atoms with Crippen LogP contribution in [-0.2, 0) is 22.5 Å². The molecule has 1 amide bonds. The molecule has 0 N–H and O–H groups in total. The van der Waals surface area contributed by atoms with Gasteiger partial charge < -0.3 is 9.64 Å². The van der Waals surface area contributed by atoms with E-state index in [9.17, 15) is 9.59 Å². The number of esters is 1. The summed E-state index contributed by atoms with van der Waals surface area (Å²) in [6.07, 6.45) is 1.55. The average molecular weight is 401 g/mol. The lowest BCUT2D eigenvalue weighted by atomic mass is 9.98. The molecule has 0 bridgehead atoms. The normalized spacial score (nSPS) is 19.4. The highest BCUT2D eigenvalue weighted by molar-refractivity contribution is 5.95. The van der Waals surface area contributed by atoms with Crippen LogP contribution < -0.4 is 0 Å². The smallest absolute Gasteiger partial charge is 0.339 e. The number of carbonyl (C=O) groups excluding carboxylic acids is 2. The molecule has 30 heavy (non-hydrogen) atoms. The molecular formula is C24H23N3O3. The first-order valence-corrected chi connectivity index (χ1v) is 10.3. The zero-order chi connectivity index (χ0) is 20.5. The van der Waals surface area contributed by atoms with Crippen LogP contribution in [0.15, 0.2) is 60.8 Å². The van der Waals surface area contributed by atoms with Gasteiger partial charge in [-0.15, -0.1) is 0 Å². The Hall–Kier alpha value is -3.25. The van der Waals surface area contributed by atoms with E-state index >= 15 is 0 Å². The number of cyclic esters (lactones) is 1. The lowest BCUT2D eigenvalue weighted by molar-refractivity contribution is -0.142. The molecule has 2 aromatic carbocycles. The summed E-state index contributed by atoms with van der Waals surface area (Å²) < 4.78 is 5.45. The maximum atomic E-state index is 13.0. The molecule has 1 saturated heterocycles. The molecule has 0 aliphatic carbocycles. The summed E-state index contributed by atoms with van der Waals surface area (Å²) in [4.78, 5) is 33.9. The van der Waals surface area contributed by atoms with E-state index in [1.807, 2.05) is 35.4 Å². The third-order valence-corrected chi connectivity index (χ3v) is 5.96. The number of rotatable bonds is 3. The van der Waals surface area contributed by atoms with Crippen molar-refractivity contribution < 1.29 is 14.3 Å². The van der Waals surface area contributed by atoms with Crippen molar-refractivity contribution in [2.45, 2.75) is 19.1 Å². The van der Waals surface area contributed by atoms with Gasteiger partial charge in [0.2, 0.25) is 0 Å². The molecule has 6 heteroatoms. The average Bonchev–Trinajstić information content (AvgIpc) is 2.79. The first-order chi connectivity index (χ1) is 14.7. The second kappa shape index (κ2) is 7.88. The molecule has 5 rings (SSSR count). The highest BCUT2D eigenvalue weighted by atomic mass is 16.5. The molecule has 2 aliphatic heterocycles. The van der Waals surface area contributed by atoms with Crippen molar-refractivity contribution in [3.8, 4) is 0 Å². The van der Waals surface area contributed by atoms with Crippen LogP contribution in [0.1, 0.15) is 21.5 Å². The molecule has 0 saturated carbocycles. The van der Waals surface area contributed by atoms with E-state index in [0.29, 0.717) is 25.1 Å². The number of carbonyl (C=O) groups is 2. The van der Waals surface area contributed by atoms with E-state index in [2.05, 4.69) is 34.1 Å². The second-order valence-corrected chi connectivity index (χ2v) is 7.85. The molecule has 3 heterocycles. The molecule has 1 atom stereocenters. The molecule has 1 unspecified atom stereocenters. The van der Waals surface area contributed by atoms with E-state index in [0.717, 1.165) is 36.1 Å². The summed E-state index contributed by atoms with van der Waals surface area (Å²) in [5.41, 5.74) is 3.68. The number of pyridine rings is 1. The number of aromatic nitrogens is 1. The van der Waals surface area contributed by atoms with E-state index in [1.165, 1.54) is 5.56 Å². The minimum Gasteiger partial charge on any atom is -0.448 e. The van der Waals surface area contributed by atoms with Gasteiger partial charge in [-0.3, -0.25) is 14.7 Å². The lowest BCUT2D eigenvalue weighted by Gasteiger charge is -2.37. The minimum absolute atomic E-state index is 0.0932. The maximum Gasteiger partial charge on any atom is 0.339 e. The monoisotopic (exact) mass is 401 g/mol. The number of benzene rings is 2. The Kier molecular flexibility index (Phi) is 4.93. The third kappa shape index (κ3) is 3.55. The number of hydrogen-bond acceptors (Lipinski definition) is 5. The quantitative estimate of drug-likeness (QED) is 0.632. The fraction of sp³-hybridized carbons (Fsp3) is 0.292. The third-order valence-electron chi connectivity index (χ3n) is 5.96. The predicted molar refractivity (Wildman–Crippen MR) is 113 cm³/mol. The molecule has 1 fully saturated rings. The van der Waals surface area contributed by atoms with Gasteiger partial charge in [0.25, 0.3) is 5.91 Å². The number of ether oxygens (including phenoxy) is 1. The van der Waals surface area contributed by atoms with Gasteiger partial charge in [-0.2, -0.15) is 0 Å². The summed E-state index contributed by atoms with van der Waals surface area (Å²) in [6.45, 7) is 3.64. The lowest BCUT2D eigenvalue weighted by Crippen LogP contribution is -2.52. The Bertz CT molecular complexity index is 1100. The zero-order valence-corrected chi connectivity index (χ0v) is 16.7. The molecule has 0 radical (unpaired) electrons. The molecule has 2 aliphatic rings. The largest absolute Gasteiger partial charge is 0.448 e. The number of hydrogen-bond donors (Lipinski definition) is 0. The first-order valence-electron chi connectivity index (χ1n) is 10.3. The van der Waals surface area contributed by atoms with E-state index < -0.39 is 12.1 Å². The first kappa shape index (κ1) is 18.8. The molecular weight excluding hydrogens is 378 g/mol. The standard InChI is InChI=1S/C24H23N3O3/c28-23(21-15-18-5-1-2-9-20(18)24(29)30-21)27-13-11-26(12-14-27)16-19-7-3-6-17-8-4-10-25-22(17)19/h1-10,21H,11-16H2. The summed E-state index contributed by atoms with van der Waals surface area (Å²) in [6, 6.07) is 17.6. The topological polar surface area (TPSA) is 62.7 Å². The number of piperazine rings is 1. The fourth-order valence-electron chi connectivity index (χ4n) is 4.34. The van der Waals surface area contributed by atoms with Gasteiger partial charge in [0, 0.05) is 50.7 Å². The molecule has 0 spiro atoms. The summed E-state index contributed by atoms with van der Waals surface area (Å²) in [5, 5.41) is 1.14. The summed E-state index contributed by atoms with van der Waals surface area (Å²) >= 11 is 0. The van der Waals surface area contributed by atoms with E-state index in [1.54, 1.807) is 6.07 Å². The number of amides is 1. The van der Waals surface area contributed by atoms with Crippen molar-refractivity contribution in [3.63, 3.8) is 0 Å². The van der Waals surface area contributed by atoms with Crippen LogP contribution in [0.2, 0.25) is 0 Å². The molecule has 152 valence electrons. The van der Waals surface area contributed by atoms with Gasteiger partial charge in [0.1, 0.15) is 0 Å². The predicted octanol–water partition coefficient (Wildman–Crippen LogP) is 2.66. The highest BCUT2D eigenvalue weighted by Crippen LogP contribution is 2.23. The minimum atomic E-state index is -0.721. The molecule has 6 nitrogen and oxygen atoms in total. The number of nitrogens with zero attached hydrogens (tertiary/aromatic N) is 3. The van der Waals surface area contributed by atoms with Crippen molar-refractivity contribution in [2.24, 2.45) is 0 Å². The van der Waals surface area contributed by atoms with Gasteiger partial charge in [-0.25, -0.2) is 4.79 Å². The van der Waals surface area contributed by atoms with Crippen LogP contribution in [0, 0.1) is 0 Å². The summed E-state index contributed by atoms with van der Waals surface area (Å²) in [5.74, 6) is -0.498. The molecule has 3 aromatic rings. The van der Waals surface area contributed by atoms with E-state index in [-0.39, 0.29) is 5.91 Å². The van der Waals surface area contributed by atoms with Gasteiger partial charge in [0.15, 0.2) is 6.10 Å². The Morgan fingerprint density at radius 1 is 1.00 bits per heavy atom. The van der Waals surface area contributed by atoms with Crippen molar-refractivity contribution in [1.29, 1.82) is 0 Å². The second-order valence-electron chi connectivity index (χ2n) is 7.85. The van der Waals surface area contributed by atoms with Crippen molar-refractivity contribution in [3.05, 3.63) is 77.5 Å². The van der Waals surface area contributed by atoms with Gasteiger partial charge >= 0.3 is 5.97 Å². The van der Waals surface area contributed by atoms with Crippen LogP contribution >= 0.6 is 0 Å². The Balaban J connectivity index is 1.22.